The van der Waals surface area contributed by atoms with Crippen molar-refractivity contribution in [1.29, 1.82) is 0 Å². The monoisotopic (exact) mass is 281 g/mol. The molecule has 1 atom stereocenters. The van der Waals surface area contributed by atoms with E-state index in [9.17, 15) is 14.7 Å². The van der Waals surface area contributed by atoms with Crippen molar-refractivity contribution in [2.45, 2.75) is 31.9 Å². The summed E-state index contributed by atoms with van der Waals surface area (Å²) < 4.78 is 6.37. The van der Waals surface area contributed by atoms with Gasteiger partial charge in [0.2, 0.25) is 0 Å². The summed E-state index contributed by atoms with van der Waals surface area (Å²) >= 11 is 0. The summed E-state index contributed by atoms with van der Waals surface area (Å²) in [6.45, 7) is 3.22. The molecule has 0 saturated carbocycles. The van der Waals surface area contributed by atoms with E-state index in [2.05, 4.69) is 10.4 Å². The molecule has 0 spiro atoms. The molecule has 7 nitrogen and oxygen atoms in total. The normalized spacial score (nSPS) is 21.9. The zero-order valence-electron chi connectivity index (χ0n) is 11.5. The number of carbonyl (C=O) groups excluding carboxylic acids is 1. The van der Waals surface area contributed by atoms with Crippen LogP contribution >= 0.6 is 0 Å². The smallest absolute Gasteiger partial charge is 0.271 e. The second-order valence-corrected chi connectivity index (χ2v) is 4.99. The second kappa shape index (κ2) is 6.15. The molecule has 1 aromatic rings. The topological polar surface area (TPSA) is 93.5 Å². The minimum atomic E-state index is -1.01. The molecule has 1 amide bonds. The molecule has 1 fully saturated rings. The van der Waals surface area contributed by atoms with Gasteiger partial charge in [-0.3, -0.25) is 9.59 Å². The Hall–Kier alpha value is -1.73. The van der Waals surface area contributed by atoms with E-state index in [0.717, 1.165) is 6.42 Å². The van der Waals surface area contributed by atoms with Crippen LogP contribution in [0.15, 0.2) is 16.9 Å². The summed E-state index contributed by atoms with van der Waals surface area (Å²) in [5.74, 6) is -0.407. The van der Waals surface area contributed by atoms with E-state index in [1.54, 1.807) is 0 Å². The SMILES string of the molecule is CCCn1nc(C(=O)NCC2(O)CCOC2)ccc1=O. The van der Waals surface area contributed by atoms with Crippen molar-refractivity contribution in [3.63, 3.8) is 0 Å². The molecule has 2 heterocycles. The minimum Gasteiger partial charge on any atom is -0.386 e. The zero-order valence-corrected chi connectivity index (χ0v) is 11.5. The van der Waals surface area contributed by atoms with Crippen LogP contribution in [-0.4, -0.2) is 46.2 Å². The first kappa shape index (κ1) is 14.7. The molecule has 0 bridgehead atoms. The van der Waals surface area contributed by atoms with E-state index in [1.807, 2.05) is 6.92 Å². The van der Waals surface area contributed by atoms with Crippen molar-refractivity contribution in [1.82, 2.24) is 15.1 Å². The Kier molecular flexibility index (Phi) is 4.51. The third-order valence-corrected chi connectivity index (χ3v) is 3.20. The van der Waals surface area contributed by atoms with E-state index in [4.69, 9.17) is 4.74 Å². The average Bonchev–Trinajstić information content (AvgIpc) is 2.86. The summed E-state index contributed by atoms with van der Waals surface area (Å²) in [6.07, 6.45) is 1.26. The molecule has 1 aliphatic heterocycles. The van der Waals surface area contributed by atoms with E-state index < -0.39 is 11.5 Å². The Morgan fingerprint density at radius 2 is 2.40 bits per heavy atom. The van der Waals surface area contributed by atoms with Gasteiger partial charge in [-0.05, 0) is 12.5 Å². The fourth-order valence-corrected chi connectivity index (χ4v) is 2.01. The van der Waals surface area contributed by atoms with Gasteiger partial charge in [-0.2, -0.15) is 5.10 Å². The lowest BCUT2D eigenvalue weighted by Crippen LogP contribution is -2.43. The molecule has 1 aliphatic rings. The van der Waals surface area contributed by atoms with Gasteiger partial charge in [0, 0.05) is 32.2 Å². The van der Waals surface area contributed by atoms with Crippen molar-refractivity contribution in [3.8, 4) is 0 Å². The second-order valence-electron chi connectivity index (χ2n) is 4.99. The van der Waals surface area contributed by atoms with E-state index in [0.29, 0.717) is 19.6 Å². The third-order valence-electron chi connectivity index (χ3n) is 3.20. The number of nitrogens with zero attached hydrogens (tertiary/aromatic N) is 2. The molecule has 2 N–H and O–H groups in total. The molecule has 0 aliphatic carbocycles. The molecule has 1 unspecified atom stereocenters. The quantitative estimate of drug-likeness (QED) is 0.761. The highest BCUT2D eigenvalue weighted by Crippen LogP contribution is 2.16. The van der Waals surface area contributed by atoms with Gasteiger partial charge in [0.25, 0.3) is 11.5 Å². The van der Waals surface area contributed by atoms with Crippen LogP contribution < -0.4 is 10.9 Å². The first-order chi connectivity index (χ1) is 9.54. The number of carbonyl (C=O) groups is 1. The number of ether oxygens (including phenoxy) is 1. The van der Waals surface area contributed by atoms with Gasteiger partial charge in [0.05, 0.1) is 6.61 Å². The van der Waals surface area contributed by atoms with Crippen LogP contribution in [0.3, 0.4) is 0 Å². The van der Waals surface area contributed by atoms with Crippen LogP contribution in [0.4, 0.5) is 0 Å². The lowest BCUT2D eigenvalue weighted by molar-refractivity contribution is 0.0264. The number of hydrogen-bond acceptors (Lipinski definition) is 5. The fourth-order valence-electron chi connectivity index (χ4n) is 2.01. The fraction of sp³-hybridized carbons (Fsp3) is 0.615. The molecular formula is C13H19N3O4. The number of nitrogens with one attached hydrogen (secondary N) is 1. The summed E-state index contributed by atoms with van der Waals surface area (Å²) in [5, 5.41) is 16.7. The van der Waals surface area contributed by atoms with Crippen molar-refractivity contribution in [2.75, 3.05) is 19.8 Å². The van der Waals surface area contributed by atoms with Gasteiger partial charge in [0.15, 0.2) is 0 Å². The van der Waals surface area contributed by atoms with Crippen LogP contribution in [0.5, 0.6) is 0 Å². The first-order valence-corrected chi connectivity index (χ1v) is 6.70. The number of aliphatic hydroxyl groups is 1. The predicted molar refractivity (Wildman–Crippen MR) is 71.5 cm³/mol. The molecular weight excluding hydrogens is 262 g/mol. The number of amides is 1. The molecule has 1 saturated heterocycles. The van der Waals surface area contributed by atoms with Crippen molar-refractivity contribution in [2.24, 2.45) is 0 Å². The molecule has 7 heteroatoms. The van der Waals surface area contributed by atoms with Gasteiger partial charge in [-0.15, -0.1) is 0 Å². The van der Waals surface area contributed by atoms with Crippen molar-refractivity contribution in [3.05, 3.63) is 28.2 Å². The van der Waals surface area contributed by atoms with Crippen molar-refractivity contribution < 1.29 is 14.6 Å². The van der Waals surface area contributed by atoms with E-state index in [-0.39, 0.29) is 24.4 Å². The average molecular weight is 281 g/mol. The summed E-state index contributed by atoms with van der Waals surface area (Å²) in [6, 6.07) is 2.71. The summed E-state index contributed by atoms with van der Waals surface area (Å²) in [4.78, 5) is 23.5. The summed E-state index contributed by atoms with van der Waals surface area (Å²) in [7, 11) is 0. The third kappa shape index (κ3) is 3.43. The van der Waals surface area contributed by atoms with E-state index >= 15 is 0 Å². The van der Waals surface area contributed by atoms with Gasteiger partial charge in [0.1, 0.15) is 11.3 Å². The number of aryl methyl sites for hydroxylation is 1. The Balaban J connectivity index is 2.01. The lowest BCUT2D eigenvalue weighted by atomic mass is 10.0. The molecule has 1 aromatic heterocycles. The Bertz CT molecular complexity index is 535. The molecule has 2 rings (SSSR count). The maximum Gasteiger partial charge on any atom is 0.271 e. The number of hydrogen-bond donors (Lipinski definition) is 2. The Morgan fingerprint density at radius 3 is 3.05 bits per heavy atom. The maximum atomic E-state index is 12.0. The number of rotatable bonds is 5. The zero-order chi connectivity index (χ0) is 14.6. The predicted octanol–water partition coefficient (Wildman–Crippen LogP) is -0.465. The maximum absolute atomic E-state index is 12.0. The van der Waals surface area contributed by atoms with Gasteiger partial charge in [-0.1, -0.05) is 6.92 Å². The highest BCUT2D eigenvalue weighted by atomic mass is 16.5. The van der Waals surface area contributed by atoms with Crippen LogP contribution in [0, 0.1) is 0 Å². The Labute approximate surface area is 116 Å². The van der Waals surface area contributed by atoms with Crippen LogP contribution in [0.1, 0.15) is 30.3 Å². The number of aromatic nitrogens is 2. The molecule has 0 radical (unpaired) electrons. The van der Waals surface area contributed by atoms with Crippen LogP contribution in [0.25, 0.3) is 0 Å². The Morgan fingerprint density at radius 1 is 1.60 bits per heavy atom. The van der Waals surface area contributed by atoms with Crippen molar-refractivity contribution >= 4 is 5.91 Å². The van der Waals surface area contributed by atoms with Gasteiger partial charge < -0.3 is 15.2 Å². The summed E-state index contributed by atoms with van der Waals surface area (Å²) in [5.41, 5.74) is -1.07. The first-order valence-electron chi connectivity index (χ1n) is 6.70. The standard InChI is InChI=1S/C13H19N3O4/c1-2-6-16-11(17)4-3-10(15-16)12(18)14-8-13(19)5-7-20-9-13/h3-4,19H,2,5-9H2,1H3,(H,14,18). The van der Waals surface area contributed by atoms with Crippen LogP contribution in [-0.2, 0) is 11.3 Å². The largest absolute Gasteiger partial charge is 0.386 e. The molecule has 110 valence electrons. The molecule has 0 aromatic carbocycles. The highest BCUT2D eigenvalue weighted by Gasteiger charge is 2.32. The lowest BCUT2D eigenvalue weighted by Gasteiger charge is -2.20. The van der Waals surface area contributed by atoms with Gasteiger partial charge in [-0.25, -0.2) is 4.68 Å². The van der Waals surface area contributed by atoms with Gasteiger partial charge >= 0.3 is 0 Å². The molecule has 20 heavy (non-hydrogen) atoms. The minimum absolute atomic E-state index is 0.112. The van der Waals surface area contributed by atoms with E-state index in [1.165, 1.54) is 16.8 Å². The van der Waals surface area contributed by atoms with Crippen LogP contribution in [0.2, 0.25) is 0 Å². The highest BCUT2D eigenvalue weighted by molar-refractivity contribution is 5.92.